The summed E-state index contributed by atoms with van der Waals surface area (Å²) in [6.45, 7) is 1.46. The van der Waals surface area contributed by atoms with Crippen LogP contribution in [0.2, 0.25) is 0 Å². The molecule has 2 aliphatic rings. The quantitative estimate of drug-likeness (QED) is 0.553. The number of hydrogen-bond acceptors (Lipinski definition) is 8. The van der Waals surface area contributed by atoms with Crippen molar-refractivity contribution in [3.05, 3.63) is 65.9 Å². The molecule has 2 aromatic carbocycles. The molecular weight excluding hydrogens is 482 g/mol. The maximum atomic E-state index is 13.5. The third kappa shape index (κ3) is 4.42. The number of amides is 2. The highest BCUT2D eigenvalue weighted by Crippen LogP contribution is 2.37. The Hall–Kier alpha value is -3.83. The Morgan fingerprint density at radius 2 is 1.97 bits per heavy atom. The number of ether oxygens (including phenoxy) is 1. The molecule has 10 nitrogen and oxygen atoms in total. The smallest absolute Gasteiger partial charge is 0.252 e. The van der Waals surface area contributed by atoms with E-state index in [1.165, 1.54) is 12.1 Å². The molecule has 1 saturated heterocycles. The van der Waals surface area contributed by atoms with Crippen molar-refractivity contribution in [2.24, 2.45) is 0 Å². The van der Waals surface area contributed by atoms with Crippen LogP contribution >= 0.6 is 0 Å². The second-order valence-electron chi connectivity index (χ2n) is 8.69. The summed E-state index contributed by atoms with van der Waals surface area (Å²) >= 11 is 0. The lowest BCUT2D eigenvalue weighted by Crippen LogP contribution is -2.58. The number of anilines is 2. The van der Waals surface area contributed by atoms with E-state index in [0.717, 1.165) is 11.8 Å². The summed E-state index contributed by atoms with van der Waals surface area (Å²) in [5.74, 6) is 0.719. The van der Waals surface area contributed by atoms with Gasteiger partial charge in [0.05, 0.1) is 30.9 Å². The monoisotopic (exact) mass is 507 g/mol. The van der Waals surface area contributed by atoms with E-state index in [0.29, 0.717) is 41.6 Å². The SMILES string of the molecule is CNC(=O)c1cccc(-c2ncc3c(n2)N2CCOCC2C(=O)N3Cc2ccc(S(C)(=O)=O)cc2)c1. The van der Waals surface area contributed by atoms with E-state index in [2.05, 4.69) is 10.3 Å². The van der Waals surface area contributed by atoms with E-state index in [4.69, 9.17) is 9.72 Å². The number of carbonyl (C=O) groups excluding carboxylic acids is 2. The number of nitrogens with zero attached hydrogens (tertiary/aromatic N) is 4. The summed E-state index contributed by atoms with van der Waals surface area (Å²) in [5.41, 5.74) is 2.52. The highest BCUT2D eigenvalue weighted by molar-refractivity contribution is 7.90. The van der Waals surface area contributed by atoms with Gasteiger partial charge >= 0.3 is 0 Å². The number of aromatic nitrogens is 2. The molecule has 1 unspecified atom stereocenters. The molecule has 2 amide bonds. The molecular formula is C25H25N5O5S. The maximum absolute atomic E-state index is 13.5. The molecule has 2 aliphatic heterocycles. The van der Waals surface area contributed by atoms with Crippen molar-refractivity contribution >= 4 is 33.2 Å². The zero-order valence-electron chi connectivity index (χ0n) is 19.8. The van der Waals surface area contributed by atoms with E-state index in [-0.39, 0.29) is 29.9 Å². The number of sulfone groups is 1. The fraction of sp³-hybridized carbons (Fsp3) is 0.280. The minimum Gasteiger partial charge on any atom is -0.377 e. The molecule has 0 saturated carbocycles. The van der Waals surface area contributed by atoms with Crippen LogP contribution in [0.4, 0.5) is 11.5 Å². The number of fused-ring (bicyclic) bond motifs is 3. The molecule has 11 heteroatoms. The maximum Gasteiger partial charge on any atom is 0.252 e. The van der Waals surface area contributed by atoms with Gasteiger partial charge in [0.2, 0.25) is 0 Å². The summed E-state index contributed by atoms with van der Waals surface area (Å²) in [5, 5.41) is 2.61. The molecule has 5 rings (SSSR count). The van der Waals surface area contributed by atoms with Gasteiger partial charge in [0.1, 0.15) is 11.7 Å². The minimum atomic E-state index is -3.32. The third-order valence-electron chi connectivity index (χ3n) is 6.29. The average molecular weight is 508 g/mol. The van der Waals surface area contributed by atoms with Crippen LogP contribution in [-0.2, 0) is 25.9 Å². The predicted molar refractivity (Wildman–Crippen MR) is 134 cm³/mol. The lowest BCUT2D eigenvalue weighted by Gasteiger charge is -2.43. The molecule has 1 aromatic heterocycles. The van der Waals surface area contributed by atoms with Crippen LogP contribution in [0.1, 0.15) is 15.9 Å². The van der Waals surface area contributed by atoms with Crippen molar-refractivity contribution in [3.8, 4) is 11.4 Å². The topological polar surface area (TPSA) is 122 Å². The van der Waals surface area contributed by atoms with E-state index in [1.807, 2.05) is 11.0 Å². The van der Waals surface area contributed by atoms with E-state index in [1.54, 1.807) is 48.5 Å². The molecule has 36 heavy (non-hydrogen) atoms. The molecule has 0 spiro atoms. The fourth-order valence-corrected chi connectivity index (χ4v) is 5.03. The summed E-state index contributed by atoms with van der Waals surface area (Å²) < 4.78 is 29.2. The summed E-state index contributed by atoms with van der Waals surface area (Å²) in [6.07, 6.45) is 2.78. The predicted octanol–water partition coefficient (Wildman–Crippen LogP) is 1.66. The Balaban J connectivity index is 1.54. The Kier molecular flexibility index (Phi) is 6.19. The lowest BCUT2D eigenvalue weighted by atomic mass is 10.1. The van der Waals surface area contributed by atoms with Crippen LogP contribution < -0.4 is 15.1 Å². The Morgan fingerprint density at radius 3 is 2.69 bits per heavy atom. The van der Waals surface area contributed by atoms with Gasteiger partial charge in [-0.15, -0.1) is 0 Å². The van der Waals surface area contributed by atoms with Crippen LogP contribution in [-0.4, -0.2) is 69.3 Å². The van der Waals surface area contributed by atoms with Crippen LogP contribution in [0.3, 0.4) is 0 Å². The van der Waals surface area contributed by atoms with Crippen LogP contribution in [0.5, 0.6) is 0 Å². The highest BCUT2D eigenvalue weighted by atomic mass is 32.2. The number of benzene rings is 2. The van der Waals surface area contributed by atoms with Gasteiger partial charge in [0.15, 0.2) is 21.5 Å². The van der Waals surface area contributed by atoms with E-state index < -0.39 is 15.9 Å². The highest BCUT2D eigenvalue weighted by Gasteiger charge is 2.41. The van der Waals surface area contributed by atoms with Crippen LogP contribution in [0.25, 0.3) is 11.4 Å². The molecule has 0 radical (unpaired) electrons. The second kappa shape index (κ2) is 9.32. The number of hydrogen-bond donors (Lipinski definition) is 1. The summed E-state index contributed by atoms with van der Waals surface area (Å²) in [7, 11) is -1.75. The number of carbonyl (C=O) groups is 2. The van der Waals surface area contributed by atoms with Gasteiger partial charge in [-0.1, -0.05) is 24.3 Å². The van der Waals surface area contributed by atoms with E-state index in [9.17, 15) is 18.0 Å². The molecule has 1 N–H and O–H groups in total. The zero-order chi connectivity index (χ0) is 25.4. The first-order chi connectivity index (χ1) is 17.3. The molecule has 186 valence electrons. The van der Waals surface area contributed by atoms with Crippen molar-refractivity contribution in [2.75, 3.05) is 42.9 Å². The molecule has 0 bridgehead atoms. The first-order valence-corrected chi connectivity index (χ1v) is 13.3. The summed E-state index contributed by atoms with van der Waals surface area (Å²) in [6, 6.07) is 13.0. The Labute approximate surface area is 208 Å². The standard InChI is InChI=1S/C25H25N5O5S/c1-26-24(31)18-5-3-4-17(12-18)22-27-13-20-23(28-22)29-10-11-35-15-21(29)25(32)30(20)14-16-6-8-19(9-7-16)36(2,33)34/h3-9,12-13,21H,10-11,14-15H2,1-2H3,(H,26,31). The number of rotatable bonds is 5. The van der Waals surface area contributed by atoms with Crippen molar-refractivity contribution in [1.82, 2.24) is 15.3 Å². The largest absolute Gasteiger partial charge is 0.377 e. The summed E-state index contributed by atoms with van der Waals surface area (Å²) in [4.78, 5) is 38.7. The van der Waals surface area contributed by atoms with Crippen LogP contribution in [0, 0.1) is 0 Å². The van der Waals surface area contributed by atoms with Crippen molar-refractivity contribution in [2.45, 2.75) is 17.5 Å². The molecule has 3 heterocycles. The van der Waals surface area contributed by atoms with Gasteiger partial charge in [-0.05, 0) is 29.8 Å². The van der Waals surface area contributed by atoms with Gasteiger partial charge in [-0.3, -0.25) is 9.59 Å². The van der Waals surface area contributed by atoms with Gasteiger partial charge in [-0.25, -0.2) is 18.4 Å². The molecule has 1 fully saturated rings. The van der Waals surface area contributed by atoms with Gasteiger partial charge < -0.3 is 19.9 Å². The first kappa shape index (κ1) is 23.9. The zero-order valence-corrected chi connectivity index (χ0v) is 20.7. The minimum absolute atomic E-state index is 0.132. The number of morpholine rings is 1. The molecule has 3 aromatic rings. The molecule has 0 aliphatic carbocycles. The number of nitrogens with one attached hydrogen (secondary N) is 1. The van der Waals surface area contributed by atoms with Crippen LogP contribution in [0.15, 0.2) is 59.6 Å². The van der Waals surface area contributed by atoms with Crippen molar-refractivity contribution in [1.29, 1.82) is 0 Å². The lowest BCUT2D eigenvalue weighted by molar-refractivity contribution is -0.122. The van der Waals surface area contributed by atoms with Gasteiger partial charge in [0, 0.05) is 31.0 Å². The van der Waals surface area contributed by atoms with E-state index >= 15 is 0 Å². The fourth-order valence-electron chi connectivity index (χ4n) is 4.40. The molecule has 1 atom stereocenters. The Morgan fingerprint density at radius 1 is 1.19 bits per heavy atom. The Bertz CT molecular complexity index is 1440. The normalized spacial score (nSPS) is 17.4. The second-order valence-corrected chi connectivity index (χ2v) is 10.7. The van der Waals surface area contributed by atoms with Crippen molar-refractivity contribution in [3.63, 3.8) is 0 Å². The van der Waals surface area contributed by atoms with Gasteiger partial charge in [0.25, 0.3) is 11.8 Å². The van der Waals surface area contributed by atoms with Crippen molar-refractivity contribution < 1.29 is 22.7 Å². The van der Waals surface area contributed by atoms with Gasteiger partial charge in [-0.2, -0.15) is 0 Å². The third-order valence-corrected chi connectivity index (χ3v) is 7.42. The average Bonchev–Trinajstić information content (AvgIpc) is 2.90. The first-order valence-electron chi connectivity index (χ1n) is 11.4.